The van der Waals surface area contributed by atoms with E-state index in [1.54, 1.807) is 19.1 Å². The van der Waals surface area contributed by atoms with Gasteiger partial charge in [-0.15, -0.1) is 10.2 Å². The first-order valence-electron chi connectivity index (χ1n) is 6.72. The highest BCUT2D eigenvalue weighted by atomic mass is 32.2. The van der Waals surface area contributed by atoms with E-state index in [2.05, 4.69) is 15.5 Å². The van der Waals surface area contributed by atoms with Gasteiger partial charge in [-0.3, -0.25) is 4.79 Å². The Labute approximate surface area is 135 Å². The average Bonchev–Trinajstić information content (AvgIpc) is 3.20. The van der Waals surface area contributed by atoms with E-state index in [9.17, 15) is 9.18 Å². The third kappa shape index (κ3) is 3.78. The van der Waals surface area contributed by atoms with Gasteiger partial charge in [-0.25, -0.2) is 4.39 Å². The van der Waals surface area contributed by atoms with Crippen LogP contribution in [0.1, 0.15) is 6.92 Å². The van der Waals surface area contributed by atoms with E-state index in [4.69, 9.17) is 8.83 Å². The van der Waals surface area contributed by atoms with Gasteiger partial charge in [0.25, 0.3) is 11.1 Å². The van der Waals surface area contributed by atoms with Crippen LogP contribution in [0.3, 0.4) is 0 Å². The molecule has 2 heterocycles. The number of hydrogen-bond donors (Lipinski definition) is 1. The van der Waals surface area contributed by atoms with Crippen LogP contribution in [0.5, 0.6) is 0 Å². The highest BCUT2D eigenvalue weighted by Crippen LogP contribution is 2.26. The normalized spacial score (nSPS) is 12.1. The van der Waals surface area contributed by atoms with Crippen molar-refractivity contribution in [2.75, 3.05) is 5.32 Å². The van der Waals surface area contributed by atoms with Crippen molar-refractivity contribution >= 4 is 23.4 Å². The molecule has 0 aliphatic heterocycles. The van der Waals surface area contributed by atoms with Crippen LogP contribution in [0.15, 0.2) is 56.7 Å². The summed E-state index contributed by atoms with van der Waals surface area (Å²) in [7, 11) is 0. The summed E-state index contributed by atoms with van der Waals surface area (Å²) in [5.74, 6) is 0.109. The predicted molar refractivity (Wildman–Crippen MR) is 82.3 cm³/mol. The number of anilines is 1. The zero-order valence-electron chi connectivity index (χ0n) is 12.0. The SMILES string of the molecule is CC(Sc1nnc(-c2ccco2)o1)C(=O)Nc1ccc(F)cc1. The summed E-state index contributed by atoms with van der Waals surface area (Å²) in [6, 6.07) is 8.96. The van der Waals surface area contributed by atoms with Crippen molar-refractivity contribution in [1.82, 2.24) is 10.2 Å². The summed E-state index contributed by atoms with van der Waals surface area (Å²) in [5, 5.41) is 10.2. The third-order valence-corrected chi connectivity index (χ3v) is 3.83. The lowest BCUT2D eigenvalue weighted by molar-refractivity contribution is -0.115. The summed E-state index contributed by atoms with van der Waals surface area (Å²) < 4.78 is 23.4. The minimum Gasteiger partial charge on any atom is -0.459 e. The molecule has 0 radical (unpaired) electrons. The van der Waals surface area contributed by atoms with Crippen LogP contribution in [0.4, 0.5) is 10.1 Å². The number of halogens is 1. The number of nitrogens with one attached hydrogen (secondary N) is 1. The largest absolute Gasteiger partial charge is 0.459 e. The molecule has 3 rings (SSSR count). The summed E-state index contributed by atoms with van der Waals surface area (Å²) in [5.41, 5.74) is 0.519. The molecule has 1 amide bonds. The van der Waals surface area contributed by atoms with Crippen LogP contribution in [0.2, 0.25) is 0 Å². The van der Waals surface area contributed by atoms with Crippen LogP contribution >= 0.6 is 11.8 Å². The second-order valence-electron chi connectivity index (χ2n) is 4.61. The van der Waals surface area contributed by atoms with E-state index >= 15 is 0 Å². The highest BCUT2D eigenvalue weighted by molar-refractivity contribution is 8.00. The van der Waals surface area contributed by atoms with Gasteiger partial charge in [0.2, 0.25) is 5.91 Å². The van der Waals surface area contributed by atoms with Gasteiger partial charge in [0.05, 0.1) is 11.5 Å². The Morgan fingerprint density at radius 2 is 2.04 bits per heavy atom. The molecular weight excluding hydrogens is 321 g/mol. The Morgan fingerprint density at radius 1 is 1.26 bits per heavy atom. The van der Waals surface area contributed by atoms with Gasteiger partial charge in [0.1, 0.15) is 5.82 Å². The number of aromatic nitrogens is 2. The summed E-state index contributed by atoms with van der Waals surface area (Å²) in [6.45, 7) is 1.71. The van der Waals surface area contributed by atoms with Gasteiger partial charge in [0.15, 0.2) is 5.76 Å². The molecule has 1 N–H and O–H groups in total. The number of furan rings is 1. The maximum Gasteiger partial charge on any atom is 0.284 e. The van der Waals surface area contributed by atoms with Crippen LogP contribution in [0, 0.1) is 5.82 Å². The minimum atomic E-state index is -0.468. The van der Waals surface area contributed by atoms with E-state index in [0.717, 1.165) is 11.8 Å². The van der Waals surface area contributed by atoms with E-state index in [1.165, 1.54) is 30.5 Å². The Morgan fingerprint density at radius 3 is 2.74 bits per heavy atom. The maximum atomic E-state index is 12.8. The standard InChI is InChI=1S/C15H12FN3O3S/c1-9(13(20)17-11-6-4-10(16)5-7-11)23-15-19-18-14(22-15)12-3-2-8-21-12/h2-9H,1H3,(H,17,20). The molecule has 1 unspecified atom stereocenters. The van der Waals surface area contributed by atoms with Crippen molar-refractivity contribution < 1.29 is 18.0 Å². The molecule has 6 nitrogen and oxygen atoms in total. The number of carbonyl (C=O) groups excluding carboxylic acids is 1. The molecule has 1 aromatic carbocycles. The van der Waals surface area contributed by atoms with Crippen molar-refractivity contribution in [3.05, 3.63) is 48.5 Å². The molecule has 118 valence electrons. The quantitative estimate of drug-likeness (QED) is 0.719. The fourth-order valence-electron chi connectivity index (χ4n) is 1.74. The Hall–Kier alpha value is -2.61. The number of carbonyl (C=O) groups is 1. The van der Waals surface area contributed by atoms with Crippen LogP contribution < -0.4 is 5.32 Å². The Balaban J connectivity index is 1.61. The molecule has 0 aliphatic rings. The molecule has 0 fully saturated rings. The second-order valence-corrected chi connectivity index (χ2v) is 5.90. The molecule has 0 saturated carbocycles. The fourth-order valence-corrected chi connectivity index (χ4v) is 2.42. The van der Waals surface area contributed by atoms with Gasteiger partial charge < -0.3 is 14.2 Å². The fraction of sp³-hybridized carbons (Fsp3) is 0.133. The molecule has 1 atom stereocenters. The molecule has 0 bridgehead atoms. The van der Waals surface area contributed by atoms with Gasteiger partial charge in [-0.2, -0.15) is 0 Å². The van der Waals surface area contributed by atoms with Gasteiger partial charge in [0, 0.05) is 5.69 Å². The van der Waals surface area contributed by atoms with Crippen molar-refractivity contribution in [1.29, 1.82) is 0 Å². The first-order valence-corrected chi connectivity index (χ1v) is 7.60. The van der Waals surface area contributed by atoms with Gasteiger partial charge in [-0.05, 0) is 43.3 Å². The molecule has 23 heavy (non-hydrogen) atoms. The topological polar surface area (TPSA) is 81.2 Å². The van der Waals surface area contributed by atoms with Crippen LogP contribution in [-0.4, -0.2) is 21.4 Å². The van der Waals surface area contributed by atoms with Crippen molar-refractivity contribution in [3.8, 4) is 11.7 Å². The molecular formula is C15H12FN3O3S. The minimum absolute atomic E-state index is 0.251. The molecule has 3 aromatic rings. The van der Waals surface area contributed by atoms with Crippen LogP contribution in [0.25, 0.3) is 11.7 Å². The first-order chi connectivity index (χ1) is 11.1. The molecule has 0 saturated heterocycles. The molecule has 8 heteroatoms. The number of nitrogens with zero attached hydrogens (tertiary/aromatic N) is 2. The lowest BCUT2D eigenvalue weighted by Crippen LogP contribution is -2.22. The highest BCUT2D eigenvalue weighted by Gasteiger charge is 2.19. The number of hydrogen-bond acceptors (Lipinski definition) is 6. The van der Waals surface area contributed by atoms with Crippen LogP contribution in [-0.2, 0) is 4.79 Å². The zero-order valence-corrected chi connectivity index (χ0v) is 12.8. The summed E-state index contributed by atoms with van der Waals surface area (Å²) in [6.07, 6.45) is 1.51. The number of thioether (sulfide) groups is 1. The van der Waals surface area contributed by atoms with Gasteiger partial charge in [-0.1, -0.05) is 11.8 Å². The molecule has 0 aliphatic carbocycles. The monoisotopic (exact) mass is 333 g/mol. The average molecular weight is 333 g/mol. The number of rotatable bonds is 5. The van der Waals surface area contributed by atoms with Crippen molar-refractivity contribution in [2.45, 2.75) is 17.4 Å². The Kier molecular flexibility index (Phi) is 4.42. The Bertz CT molecular complexity index is 787. The van der Waals surface area contributed by atoms with E-state index in [-0.39, 0.29) is 22.8 Å². The number of amides is 1. The van der Waals surface area contributed by atoms with Crippen molar-refractivity contribution in [3.63, 3.8) is 0 Å². The summed E-state index contributed by atoms with van der Waals surface area (Å²) in [4.78, 5) is 12.1. The first kappa shape index (κ1) is 15.3. The smallest absolute Gasteiger partial charge is 0.284 e. The number of benzene rings is 1. The third-order valence-electron chi connectivity index (χ3n) is 2.90. The van der Waals surface area contributed by atoms with Gasteiger partial charge >= 0.3 is 0 Å². The molecule has 2 aromatic heterocycles. The van der Waals surface area contributed by atoms with E-state index in [0.29, 0.717) is 11.4 Å². The van der Waals surface area contributed by atoms with E-state index in [1.807, 2.05) is 0 Å². The summed E-state index contributed by atoms with van der Waals surface area (Å²) >= 11 is 1.12. The lowest BCUT2D eigenvalue weighted by atomic mass is 10.3. The van der Waals surface area contributed by atoms with E-state index < -0.39 is 5.25 Å². The molecule has 0 spiro atoms. The van der Waals surface area contributed by atoms with Crippen molar-refractivity contribution in [2.24, 2.45) is 0 Å². The second kappa shape index (κ2) is 6.66. The predicted octanol–water partition coefficient (Wildman–Crippen LogP) is 3.59. The lowest BCUT2D eigenvalue weighted by Gasteiger charge is -2.09. The maximum absolute atomic E-state index is 12.8. The zero-order chi connectivity index (χ0) is 16.2.